The van der Waals surface area contributed by atoms with E-state index in [1.165, 1.54) is 89.9 Å². The van der Waals surface area contributed by atoms with Gasteiger partial charge in [-0.3, -0.25) is 0 Å². The minimum atomic E-state index is 0.959. The van der Waals surface area contributed by atoms with Gasteiger partial charge in [0, 0.05) is 0 Å². The first-order chi connectivity index (χ1) is 9.70. The molecule has 0 radical (unpaired) electrons. The van der Waals surface area contributed by atoms with Crippen LogP contribution in [-0.4, -0.2) is 0 Å². The molecule has 0 amide bonds. The standard InChI is InChI=1S/C20H42/c1-5-7-9-10-11-12-13-16-20(4)18-14-17-19(3)15-8-6-2/h19-20H,5-18H2,1-4H3/t19-,20-/m0/s1. The number of hydrogen-bond acceptors (Lipinski definition) is 0. The molecule has 0 bridgehead atoms. The molecule has 0 saturated carbocycles. The molecule has 0 aromatic carbocycles. The maximum absolute atomic E-state index is 2.47. The smallest absolute Gasteiger partial charge is 0.0443 e. The molecule has 0 saturated heterocycles. The quantitative estimate of drug-likeness (QED) is 0.269. The van der Waals surface area contributed by atoms with Crippen molar-refractivity contribution in [2.75, 3.05) is 0 Å². The van der Waals surface area contributed by atoms with E-state index in [9.17, 15) is 0 Å². The van der Waals surface area contributed by atoms with Crippen molar-refractivity contribution in [3.63, 3.8) is 0 Å². The third-order valence-corrected chi connectivity index (χ3v) is 4.74. The van der Waals surface area contributed by atoms with E-state index in [1.807, 2.05) is 0 Å². The van der Waals surface area contributed by atoms with E-state index >= 15 is 0 Å². The van der Waals surface area contributed by atoms with Crippen LogP contribution in [0.4, 0.5) is 0 Å². The zero-order valence-corrected chi connectivity index (χ0v) is 15.1. The summed E-state index contributed by atoms with van der Waals surface area (Å²) in [6, 6.07) is 0. The summed E-state index contributed by atoms with van der Waals surface area (Å²) in [4.78, 5) is 0. The van der Waals surface area contributed by atoms with E-state index in [4.69, 9.17) is 0 Å². The van der Waals surface area contributed by atoms with Crippen LogP contribution < -0.4 is 0 Å². The average molecular weight is 283 g/mol. The van der Waals surface area contributed by atoms with Crippen LogP contribution in [0.5, 0.6) is 0 Å². The van der Waals surface area contributed by atoms with Gasteiger partial charge in [-0.25, -0.2) is 0 Å². The van der Waals surface area contributed by atoms with E-state index < -0.39 is 0 Å². The molecular weight excluding hydrogens is 240 g/mol. The van der Waals surface area contributed by atoms with E-state index in [0.717, 1.165) is 11.8 Å². The minimum Gasteiger partial charge on any atom is -0.0654 e. The normalized spacial score (nSPS) is 14.4. The molecule has 0 aliphatic rings. The first-order valence-corrected chi connectivity index (χ1v) is 9.70. The topological polar surface area (TPSA) is 0 Å². The number of unbranched alkanes of at least 4 members (excludes halogenated alkanes) is 7. The zero-order valence-electron chi connectivity index (χ0n) is 15.1. The van der Waals surface area contributed by atoms with Crippen molar-refractivity contribution in [2.24, 2.45) is 11.8 Å². The van der Waals surface area contributed by atoms with Crippen molar-refractivity contribution in [1.82, 2.24) is 0 Å². The Morgan fingerprint density at radius 2 is 0.850 bits per heavy atom. The second kappa shape index (κ2) is 15.4. The zero-order chi connectivity index (χ0) is 15.1. The molecule has 0 heteroatoms. The minimum absolute atomic E-state index is 0.959. The Hall–Kier alpha value is 0. The van der Waals surface area contributed by atoms with E-state index in [2.05, 4.69) is 27.7 Å². The van der Waals surface area contributed by atoms with Gasteiger partial charge in [-0.1, -0.05) is 118 Å². The second-order valence-corrected chi connectivity index (χ2v) is 7.19. The number of rotatable bonds is 15. The predicted molar refractivity (Wildman–Crippen MR) is 94.3 cm³/mol. The van der Waals surface area contributed by atoms with Gasteiger partial charge in [-0.15, -0.1) is 0 Å². The lowest BCUT2D eigenvalue weighted by atomic mass is 9.92. The van der Waals surface area contributed by atoms with Gasteiger partial charge in [-0.05, 0) is 11.8 Å². The highest BCUT2D eigenvalue weighted by Gasteiger charge is 2.05. The molecule has 20 heavy (non-hydrogen) atoms. The highest BCUT2D eigenvalue weighted by molar-refractivity contribution is 4.58. The molecule has 0 nitrogen and oxygen atoms in total. The van der Waals surface area contributed by atoms with Gasteiger partial charge in [0.15, 0.2) is 0 Å². The van der Waals surface area contributed by atoms with Gasteiger partial charge in [0.05, 0.1) is 0 Å². The summed E-state index contributed by atoms with van der Waals surface area (Å²) < 4.78 is 0. The van der Waals surface area contributed by atoms with Crippen molar-refractivity contribution in [3.8, 4) is 0 Å². The SMILES string of the molecule is CCCCCCCCC[C@H](C)CCC[C@@H](C)CCCC. The van der Waals surface area contributed by atoms with Crippen LogP contribution in [0.3, 0.4) is 0 Å². The van der Waals surface area contributed by atoms with Crippen LogP contribution in [0.1, 0.15) is 118 Å². The maximum Gasteiger partial charge on any atom is -0.0443 e. The highest BCUT2D eigenvalue weighted by atomic mass is 14.1. The van der Waals surface area contributed by atoms with Gasteiger partial charge in [0.2, 0.25) is 0 Å². The highest BCUT2D eigenvalue weighted by Crippen LogP contribution is 2.21. The molecule has 0 fully saturated rings. The first kappa shape index (κ1) is 20.0. The fraction of sp³-hybridized carbons (Fsp3) is 1.00. The molecule has 0 N–H and O–H groups in total. The van der Waals surface area contributed by atoms with E-state index in [-0.39, 0.29) is 0 Å². The Labute approximate surface area is 130 Å². The average Bonchev–Trinajstić information content (AvgIpc) is 2.44. The Morgan fingerprint density at radius 1 is 0.450 bits per heavy atom. The van der Waals surface area contributed by atoms with Crippen LogP contribution >= 0.6 is 0 Å². The summed E-state index contributed by atoms with van der Waals surface area (Å²) in [6.07, 6.45) is 20.2. The Balaban J connectivity index is 3.26. The Kier molecular flexibility index (Phi) is 15.4. The van der Waals surface area contributed by atoms with Gasteiger partial charge in [0.25, 0.3) is 0 Å². The summed E-state index contributed by atoms with van der Waals surface area (Å²) in [5, 5.41) is 0. The fourth-order valence-electron chi connectivity index (χ4n) is 3.11. The van der Waals surface area contributed by atoms with Gasteiger partial charge >= 0.3 is 0 Å². The molecule has 0 aromatic heterocycles. The molecule has 0 unspecified atom stereocenters. The summed E-state index contributed by atoms with van der Waals surface area (Å²) in [7, 11) is 0. The molecule has 0 aliphatic carbocycles. The lowest BCUT2D eigenvalue weighted by Gasteiger charge is -2.14. The molecule has 122 valence electrons. The van der Waals surface area contributed by atoms with Crippen LogP contribution in [-0.2, 0) is 0 Å². The van der Waals surface area contributed by atoms with Gasteiger partial charge in [-0.2, -0.15) is 0 Å². The second-order valence-electron chi connectivity index (χ2n) is 7.19. The molecule has 0 aromatic rings. The predicted octanol–water partition coefficient (Wildman–Crippen LogP) is 7.76. The summed E-state index contributed by atoms with van der Waals surface area (Å²) in [5.74, 6) is 1.92. The fourth-order valence-corrected chi connectivity index (χ4v) is 3.11. The van der Waals surface area contributed by atoms with Crippen molar-refractivity contribution in [1.29, 1.82) is 0 Å². The molecule has 0 aliphatic heterocycles. The largest absolute Gasteiger partial charge is 0.0654 e. The lowest BCUT2D eigenvalue weighted by Crippen LogP contribution is -1.99. The van der Waals surface area contributed by atoms with E-state index in [1.54, 1.807) is 0 Å². The molecular formula is C20H42. The van der Waals surface area contributed by atoms with Crippen LogP contribution in [0, 0.1) is 11.8 Å². The molecule has 2 atom stereocenters. The monoisotopic (exact) mass is 282 g/mol. The maximum atomic E-state index is 2.47. The summed E-state index contributed by atoms with van der Waals surface area (Å²) in [5.41, 5.74) is 0. The van der Waals surface area contributed by atoms with Crippen molar-refractivity contribution >= 4 is 0 Å². The third-order valence-electron chi connectivity index (χ3n) is 4.74. The van der Waals surface area contributed by atoms with Crippen molar-refractivity contribution < 1.29 is 0 Å². The Morgan fingerprint density at radius 3 is 1.40 bits per heavy atom. The summed E-state index contributed by atoms with van der Waals surface area (Å²) in [6.45, 7) is 9.51. The van der Waals surface area contributed by atoms with Crippen molar-refractivity contribution in [3.05, 3.63) is 0 Å². The van der Waals surface area contributed by atoms with Crippen LogP contribution in [0.25, 0.3) is 0 Å². The lowest BCUT2D eigenvalue weighted by molar-refractivity contribution is 0.394. The third kappa shape index (κ3) is 14.4. The van der Waals surface area contributed by atoms with Crippen LogP contribution in [0.2, 0.25) is 0 Å². The van der Waals surface area contributed by atoms with Gasteiger partial charge < -0.3 is 0 Å². The Bertz CT molecular complexity index is 173. The van der Waals surface area contributed by atoms with Crippen LogP contribution in [0.15, 0.2) is 0 Å². The van der Waals surface area contributed by atoms with E-state index in [0.29, 0.717) is 0 Å². The molecule has 0 heterocycles. The van der Waals surface area contributed by atoms with Gasteiger partial charge in [0.1, 0.15) is 0 Å². The molecule has 0 rings (SSSR count). The van der Waals surface area contributed by atoms with Crippen molar-refractivity contribution in [2.45, 2.75) is 118 Å². The number of hydrogen-bond donors (Lipinski definition) is 0. The summed E-state index contributed by atoms with van der Waals surface area (Å²) >= 11 is 0. The molecule has 0 spiro atoms. The first-order valence-electron chi connectivity index (χ1n) is 9.70.